The van der Waals surface area contributed by atoms with Crippen molar-refractivity contribution < 1.29 is 13.9 Å². The molecular formula is C14H17FN4O2. The van der Waals surface area contributed by atoms with E-state index >= 15 is 0 Å². The second-order valence-electron chi connectivity index (χ2n) is 4.33. The largest absolute Gasteiger partial charge is 0.463 e. The maximum atomic E-state index is 13.3. The van der Waals surface area contributed by atoms with Gasteiger partial charge in [0.05, 0.1) is 6.61 Å². The van der Waals surface area contributed by atoms with Crippen molar-refractivity contribution >= 4 is 5.95 Å². The van der Waals surface area contributed by atoms with Crippen LogP contribution >= 0.6 is 0 Å². The van der Waals surface area contributed by atoms with Crippen molar-refractivity contribution in [3.63, 3.8) is 0 Å². The first kappa shape index (κ1) is 15.0. The molecule has 2 rings (SSSR count). The molecule has 0 aliphatic heterocycles. The van der Waals surface area contributed by atoms with Gasteiger partial charge in [-0.1, -0.05) is 13.0 Å². The van der Waals surface area contributed by atoms with Crippen LogP contribution in [0.4, 0.5) is 10.3 Å². The highest BCUT2D eigenvalue weighted by Crippen LogP contribution is 2.24. The Kier molecular flexibility index (Phi) is 4.86. The van der Waals surface area contributed by atoms with Crippen molar-refractivity contribution in [2.45, 2.75) is 20.3 Å². The molecule has 1 aromatic carbocycles. The van der Waals surface area contributed by atoms with Crippen LogP contribution in [0.3, 0.4) is 0 Å². The lowest BCUT2D eigenvalue weighted by molar-refractivity contribution is 0.285. The topological polar surface area (TPSA) is 69.2 Å². The molecule has 0 aliphatic rings. The Morgan fingerprint density at radius 3 is 2.67 bits per heavy atom. The molecule has 0 spiro atoms. The first-order chi connectivity index (χ1) is 10.1. The number of aryl methyl sites for hydroxylation is 1. The fourth-order valence-corrected chi connectivity index (χ4v) is 1.54. The highest BCUT2D eigenvalue weighted by atomic mass is 19.1. The van der Waals surface area contributed by atoms with Gasteiger partial charge >= 0.3 is 12.0 Å². The Morgan fingerprint density at radius 2 is 1.95 bits per heavy atom. The van der Waals surface area contributed by atoms with Crippen molar-refractivity contribution in [1.29, 1.82) is 0 Å². The predicted octanol–water partition coefficient (Wildman–Crippen LogP) is 2.94. The fourth-order valence-electron chi connectivity index (χ4n) is 1.54. The van der Waals surface area contributed by atoms with Crippen LogP contribution in [0.25, 0.3) is 0 Å². The summed E-state index contributed by atoms with van der Waals surface area (Å²) < 4.78 is 24.2. The van der Waals surface area contributed by atoms with E-state index in [-0.39, 0.29) is 17.8 Å². The van der Waals surface area contributed by atoms with E-state index in [0.29, 0.717) is 18.3 Å². The van der Waals surface area contributed by atoms with Gasteiger partial charge in [0.2, 0.25) is 5.95 Å². The van der Waals surface area contributed by atoms with Crippen LogP contribution in [0, 0.1) is 12.7 Å². The predicted molar refractivity (Wildman–Crippen MR) is 76.4 cm³/mol. The van der Waals surface area contributed by atoms with Crippen molar-refractivity contribution in [3.05, 3.63) is 29.6 Å². The number of nitrogens with zero attached hydrogens (tertiary/aromatic N) is 3. The molecular weight excluding hydrogens is 275 g/mol. The Morgan fingerprint density at radius 1 is 1.19 bits per heavy atom. The Hall–Kier alpha value is -2.44. The van der Waals surface area contributed by atoms with Gasteiger partial charge in [0.25, 0.3) is 0 Å². The first-order valence-corrected chi connectivity index (χ1v) is 6.63. The van der Waals surface area contributed by atoms with Gasteiger partial charge in [0, 0.05) is 13.1 Å². The maximum absolute atomic E-state index is 13.3. The minimum atomic E-state index is -0.388. The third-order valence-corrected chi connectivity index (χ3v) is 2.60. The van der Waals surface area contributed by atoms with Gasteiger partial charge in [-0.2, -0.15) is 9.97 Å². The van der Waals surface area contributed by atoms with Crippen LogP contribution in [-0.2, 0) is 0 Å². The number of rotatable bonds is 6. The molecule has 0 saturated heterocycles. The molecule has 1 heterocycles. The van der Waals surface area contributed by atoms with E-state index in [2.05, 4.69) is 20.3 Å². The molecule has 0 unspecified atom stereocenters. The van der Waals surface area contributed by atoms with Gasteiger partial charge < -0.3 is 14.8 Å². The van der Waals surface area contributed by atoms with Crippen molar-refractivity contribution in [1.82, 2.24) is 15.0 Å². The average Bonchev–Trinajstić information content (AvgIpc) is 2.48. The van der Waals surface area contributed by atoms with E-state index in [1.165, 1.54) is 12.1 Å². The summed E-state index contributed by atoms with van der Waals surface area (Å²) in [6.45, 7) is 4.28. The maximum Gasteiger partial charge on any atom is 0.330 e. The molecule has 2 aromatic rings. The fraction of sp³-hybridized carbons (Fsp3) is 0.357. The van der Waals surface area contributed by atoms with Crippen LogP contribution in [0.5, 0.6) is 17.8 Å². The number of nitrogens with one attached hydrogen (secondary N) is 1. The van der Waals surface area contributed by atoms with E-state index < -0.39 is 0 Å². The van der Waals surface area contributed by atoms with E-state index in [1.807, 2.05) is 13.8 Å². The zero-order chi connectivity index (χ0) is 15.2. The van der Waals surface area contributed by atoms with Crippen LogP contribution < -0.4 is 14.8 Å². The minimum Gasteiger partial charge on any atom is -0.463 e. The summed E-state index contributed by atoms with van der Waals surface area (Å²) in [5.74, 6) is 0.283. The standard InChI is InChI=1S/C14H17FN4O2/c1-4-7-20-13-17-12(16-3)18-14(19-13)21-11-8-10(15)6-5-9(11)2/h5-6,8H,4,7H2,1-3H3,(H,16,17,18,19). The lowest BCUT2D eigenvalue weighted by Gasteiger charge is -2.09. The summed E-state index contributed by atoms with van der Waals surface area (Å²) in [7, 11) is 1.68. The van der Waals surface area contributed by atoms with E-state index in [4.69, 9.17) is 9.47 Å². The van der Waals surface area contributed by atoms with Gasteiger partial charge in [0.15, 0.2) is 0 Å². The van der Waals surface area contributed by atoms with Gasteiger partial charge in [-0.15, -0.1) is 4.98 Å². The normalized spacial score (nSPS) is 10.3. The average molecular weight is 292 g/mol. The van der Waals surface area contributed by atoms with Gasteiger partial charge in [0.1, 0.15) is 11.6 Å². The molecule has 112 valence electrons. The minimum absolute atomic E-state index is 0.0501. The molecule has 0 fully saturated rings. The van der Waals surface area contributed by atoms with Crippen molar-refractivity contribution in [3.8, 4) is 17.8 Å². The van der Waals surface area contributed by atoms with Crippen LogP contribution in [0.2, 0.25) is 0 Å². The highest BCUT2D eigenvalue weighted by molar-refractivity contribution is 5.35. The summed E-state index contributed by atoms with van der Waals surface area (Å²) >= 11 is 0. The van der Waals surface area contributed by atoms with E-state index in [9.17, 15) is 4.39 Å². The van der Waals surface area contributed by atoms with Crippen LogP contribution in [0.1, 0.15) is 18.9 Å². The molecule has 1 aromatic heterocycles. The number of anilines is 1. The SMILES string of the molecule is CCCOc1nc(NC)nc(Oc2cc(F)ccc2C)n1. The Labute approximate surface area is 122 Å². The number of aromatic nitrogens is 3. The molecule has 21 heavy (non-hydrogen) atoms. The molecule has 0 bridgehead atoms. The number of halogens is 1. The molecule has 0 radical (unpaired) electrons. The van der Waals surface area contributed by atoms with Crippen molar-refractivity contribution in [2.75, 3.05) is 19.0 Å². The Balaban J connectivity index is 2.27. The van der Waals surface area contributed by atoms with Crippen LogP contribution in [0.15, 0.2) is 18.2 Å². The van der Waals surface area contributed by atoms with Gasteiger partial charge in [-0.3, -0.25) is 0 Å². The van der Waals surface area contributed by atoms with Crippen molar-refractivity contribution in [2.24, 2.45) is 0 Å². The van der Waals surface area contributed by atoms with Gasteiger partial charge in [-0.25, -0.2) is 4.39 Å². The first-order valence-electron chi connectivity index (χ1n) is 6.63. The summed E-state index contributed by atoms with van der Waals surface area (Å²) in [6, 6.07) is 4.49. The summed E-state index contributed by atoms with van der Waals surface area (Å²) in [5.41, 5.74) is 0.777. The monoisotopic (exact) mass is 292 g/mol. The number of hydrogen-bond acceptors (Lipinski definition) is 6. The summed E-state index contributed by atoms with van der Waals surface area (Å²) in [6.07, 6.45) is 0.833. The van der Waals surface area contributed by atoms with Crippen LogP contribution in [-0.4, -0.2) is 28.6 Å². The quantitative estimate of drug-likeness (QED) is 0.882. The molecule has 0 saturated carbocycles. The summed E-state index contributed by atoms with van der Waals surface area (Å²) in [4.78, 5) is 12.2. The molecule has 1 N–H and O–H groups in total. The van der Waals surface area contributed by atoms with E-state index in [1.54, 1.807) is 13.1 Å². The lowest BCUT2D eigenvalue weighted by Crippen LogP contribution is -2.06. The lowest BCUT2D eigenvalue weighted by atomic mass is 10.2. The van der Waals surface area contributed by atoms with Gasteiger partial charge in [-0.05, 0) is 25.0 Å². The molecule has 0 aliphatic carbocycles. The smallest absolute Gasteiger partial charge is 0.330 e. The number of benzene rings is 1. The molecule has 7 heteroatoms. The number of hydrogen-bond donors (Lipinski definition) is 1. The highest BCUT2D eigenvalue weighted by Gasteiger charge is 2.10. The molecule has 6 nitrogen and oxygen atoms in total. The molecule has 0 atom stereocenters. The number of ether oxygens (including phenoxy) is 2. The zero-order valence-electron chi connectivity index (χ0n) is 12.2. The zero-order valence-corrected chi connectivity index (χ0v) is 12.2. The molecule has 0 amide bonds. The van der Waals surface area contributed by atoms with E-state index in [0.717, 1.165) is 12.0 Å². The summed E-state index contributed by atoms with van der Waals surface area (Å²) in [5, 5.41) is 2.80. The third kappa shape index (κ3) is 4.01. The second kappa shape index (κ2) is 6.83. The third-order valence-electron chi connectivity index (χ3n) is 2.60. The second-order valence-corrected chi connectivity index (χ2v) is 4.33. The Bertz CT molecular complexity index is 622.